The van der Waals surface area contributed by atoms with Crippen LogP contribution in [0, 0.1) is 12.7 Å². The van der Waals surface area contributed by atoms with Gasteiger partial charge in [-0.2, -0.15) is 0 Å². The van der Waals surface area contributed by atoms with Crippen molar-refractivity contribution in [1.29, 1.82) is 0 Å². The summed E-state index contributed by atoms with van der Waals surface area (Å²) in [5.41, 5.74) is 2.82. The highest BCUT2D eigenvalue weighted by molar-refractivity contribution is 5.31. The Labute approximate surface area is 113 Å². The first-order valence-corrected chi connectivity index (χ1v) is 6.59. The van der Waals surface area contributed by atoms with Crippen LogP contribution in [0.2, 0.25) is 0 Å². The number of halogens is 1. The van der Waals surface area contributed by atoms with Crippen LogP contribution in [-0.4, -0.2) is 16.1 Å². The lowest BCUT2D eigenvalue weighted by Crippen LogP contribution is -2.25. The molecule has 1 heterocycles. The molecular weight excluding hydrogens is 241 g/mol. The van der Waals surface area contributed by atoms with Crippen molar-refractivity contribution in [2.45, 2.75) is 26.3 Å². The van der Waals surface area contributed by atoms with E-state index in [1.807, 2.05) is 29.9 Å². The van der Waals surface area contributed by atoms with Gasteiger partial charge in [-0.1, -0.05) is 19.1 Å². The highest BCUT2D eigenvalue weighted by Crippen LogP contribution is 2.23. The molecule has 0 saturated carbocycles. The van der Waals surface area contributed by atoms with E-state index in [-0.39, 0.29) is 11.9 Å². The van der Waals surface area contributed by atoms with E-state index in [2.05, 4.69) is 17.2 Å². The molecule has 2 aromatic rings. The molecule has 0 bridgehead atoms. The smallest absolute Gasteiger partial charge is 0.126 e. The first-order valence-electron chi connectivity index (χ1n) is 6.59. The monoisotopic (exact) mass is 261 g/mol. The van der Waals surface area contributed by atoms with Crippen molar-refractivity contribution in [3.63, 3.8) is 0 Å². The van der Waals surface area contributed by atoms with Gasteiger partial charge in [0.1, 0.15) is 5.82 Å². The molecule has 0 saturated heterocycles. The Bertz CT molecular complexity index is 548. The summed E-state index contributed by atoms with van der Waals surface area (Å²) in [6, 6.07) is 5.31. The van der Waals surface area contributed by atoms with Crippen LogP contribution in [0.3, 0.4) is 0 Å². The van der Waals surface area contributed by atoms with Crippen molar-refractivity contribution in [3.05, 3.63) is 53.4 Å². The van der Waals surface area contributed by atoms with Crippen molar-refractivity contribution in [1.82, 2.24) is 14.9 Å². The van der Waals surface area contributed by atoms with Crippen LogP contribution >= 0.6 is 0 Å². The number of benzene rings is 1. The number of nitrogens with zero attached hydrogens (tertiary/aromatic N) is 2. The van der Waals surface area contributed by atoms with Crippen LogP contribution in [0.4, 0.5) is 4.39 Å². The SMILES string of the molecule is CCCNC(c1ccc(F)c(C)c1)c1cncn1C. The van der Waals surface area contributed by atoms with E-state index >= 15 is 0 Å². The first-order chi connectivity index (χ1) is 9.13. The van der Waals surface area contributed by atoms with E-state index in [0.717, 1.165) is 24.2 Å². The second-order valence-corrected chi connectivity index (χ2v) is 4.83. The largest absolute Gasteiger partial charge is 0.336 e. The summed E-state index contributed by atoms with van der Waals surface area (Å²) in [7, 11) is 1.97. The standard InChI is InChI=1S/C15H20FN3/c1-4-7-18-15(14-9-17-10-19(14)3)12-5-6-13(16)11(2)8-12/h5-6,8-10,15,18H,4,7H2,1-3H3. The predicted molar refractivity (Wildman–Crippen MR) is 74.5 cm³/mol. The number of aromatic nitrogens is 2. The third kappa shape index (κ3) is 3.01. The molecule has 1 atom stereocenters. The van der Waals surface area contributed by atoms with Crippen LogP contribution in [0.15, 0.2) is 30.7 Å². The van der Waals surface area contributed by atoms with E-state index < -0.39 is 0 Å². The first kappa shape index (κ1) is 13.7. The van der Waals surface area contributed by atoms with Gasteiger partial charge in [-0.15, -0.1) is 0 Å². The van der Waals surface area contributed by atoms with Gasteiger partial charge in [0.05, 0.1) is 24.3 Å². The zero-order valence-electron chi connectivity index (χ0n) is 11.7. The molecule has 1 unspecified atom stereocenters. The van der Waals surface area contributed by atoms with Gasteiger partial charge in [0, 0.05) is 7.05 Å². The van der Waals surface area contributed by atoms with E-state index in [1.54, 1.807) is 13.3 Å². The summed E-state index contributed by atoms with van der Waals surface area (Å²) >= 11 is 0. The molecule has 3 nitrogen and oxygen atoms in total. The van der Waals surface area contributed by atoms with Crippen molar-refractivity contribution in [3.8, 4) is 0 Å². The van der Waals surface area contributed by atoms with Crippen molar-refractivity contribution in [2.75, 3.05) is 6.54 Å². The lowest BCUT2D eigenvalue weighted by molar-refractivity contribution is 0.565. The lowest BCUT2D eigenvalue weighted by atomic mass is 10.0. The number of hydrogen-bond acceptors (Lipinski definition) is 2. The van der Waals surface area contributed by atoms with E-state index in [4.69, 9.17) is 0 Å². The fourth-order valence-corrected chi connectivity index (χ4v) is 2.17. The molecule has 0 aliphatic carbocycles. The molecular formula is C15H20FN3. The fraction of sp³-hybridized carbons (Fsp3) is 0.400. The minimum atomic E-state index is -0.164. The molecule has 0 aliphatic rings. The van der Waals surface area contributed by atoms with Gasteiger partial charge in [0.2, 0.25) is 0 Å². The highest BCUT2D eigenvalue weighted by atomic mass is 19.1. The molecule has 19 heavy (non-hydrogen) atoms. The molecule has 0 radical (unpaired) electrons. The highest BCUT2D eigenvalue weighted by Gasteiger charge is 2.17. The summed E-state index contributed by atoms with van der Waals surface area (Å²) in [6.45, 7) is 4.83. The predicted octanol–water partition coefficient (Wildman–Crippen LogP) is 2.96. The molecule has 102 valence electrons. The van der Waals surface area contributed by atoms with Crippen molar-refractivity contribution >= 4 is 0 Å². The van der Waals surface area contributed by atoms with Gasteiger partial charge in [-0.05, 0) is 37.1 Å². The lowest BCUT2D eigenvalue weighted by Gasteiger charge is -2.20. The molecule has 4 heteroatoms. The third-order valence-electron chi connectivity index (χ3n) is 3.26. The minimum absolute atomic E-state index is 0.0479. The fourth-order valence-electron chi connectivity index (χ4n) is 2.17. The number of aryl methyl sites for hydroxylation is 2. The van der Waals surface area contributed by atoms with E-state index in [0.29, 0.717) is 5.56 Å². The van der Waals surface area contributed by atoms with Gasteiger partial charge < -0.3 is 9.88 Å². The second-order valence-electron chi connectivity index (χ2n) is 4.83. The van der Waals surface area contributed by atoms with Crippen molar-refractivity contribution in [2.24, 2.45) is 7.05 Å². The van der Waals surface area contributed by atoms with E-state index in [1.165, 1.54) is 6.07 Å². The topological polar surface area (TPSA) is 29.9 Å². The Morgan fingerprint density at radius 1 is 1.42 bits per heavy atom. The van der Waals surface area contributed by atoms with Crippen LogP contribution in [0.1, 0.15) is 36.2 Å². The maximum Gasteiger partial charge on any atom is 0.126 e. The molecule has 0 spiro atoms. The Morgan fingerprint density at radius 2 is 2.21 bits per heavy atom. The molecule has 1 aromatic heterocycles. The van der Waals surface area contributed by atoms with Crippen LogP contribution in [0.5, 0.6) is 0 Å². The Morgan fingerprint density at radius 3 is 2.79 bits per heavy atom. The maximum absolute atomic E-state index is 13.4. The zero-order chi connectivity index (χ0) is 13.8. The average Bonchev–Trinajstić information content (AvgIpc) is 2.80. The van der Waals surface area contributed by atoms with Gasteiger partial charge in [0.15, 0.2) is 0 Å². The molecule has 2 rings (SSSR count). The normalized spacial score (nSPS) is 12.6. The van der Waals surface area contributed by atoms with Crippen molar-refractivity contribution < 1.29 is 4.39 Å². The number of imidazole rings is 1. The quantitative estimate of drug-likeness (QED) is 0.896. The van der Waals surface area contributed by atoms with Gasteiger partial charge >= 0.3 is 0 Å². The Hall–Kier alpha value is -1.68. The number of hydrogen-bond donors (Lipinski definition) is 1. The Balaban J connectivity index is 2.37. The van der Waals surface area contributed by atoms with Crippen LogP contribution in [-0.2, 0) is 7.05 Å². The maximum atomic E-state index is 13.4. The molecule has 0 fully saturated rings. The summed E-state index contributed by atoms with van der Waals surface area (Å²) < 4.78 is 15.4. The Kier molecular flexibility index (Phi) is 4.32. The van der Waals surface area contributed by atoms with E-state index in [9.17, 15) is 4.39 Å². The van der Waals surface area contributed by atoms with Gasteiger partial charge in [-0.3, -0.25) is 0 Å². The average molecular weight is 261 g/mol. The molecule has 1 aromatic carbocycles. The molecule has 0 amide bonds. The molecule has 0 aliphatic heterocycles. The summed E-state index contributed by atoms with van der Waals surface area (Å²) in [4.78, 5) is 4.17. The second kappa shape index (κ2) is 5.97. The molecule has 1 N–H and O–H groups in total. The minimum Gasteiger partial charge on any atom is -0.336 e. The van der Waals surface area contributed by atoms with Gasteiger partial charge in [-0.25, -0.2) is 9.37 Å². The summed E-state index contributed by atoms with van der Waals surface area (Å²) in [5.74, 6) is -0.164. The summed E-state index contributed by atoms with van der Waals surface area (Å²) in [5, 5.41) is 3.49. The third-order valence-corrected chi connectivity index (χ3v) is 3.26. The van der Waals surface area contributed by atoms with Crippen LogP contribution in [0.25, 0.3) is 0 Å². The zero-order valence-corrected chi connectivity index (χ0v) is 11.7. The number of rotatable bonds is 5. The summed E-state index contributed by atoms with van der Waals surface area (Å²) in [6.07, 6.45) is 4.69. The van der Waals surface area contributed by atoms with Gasteiger partial charge in [0.25, 0.3) is 0 Å². The number of nitrogens with one attached hydrogen (secondary N) is 1. The van der Waals surface area contributed by atoms with Crippen LogP contribution < -0.4 is 5.32 Å².